The molecule has 2 heterocycles. The second-order valence-electron chi connectivity index (χ2n) is 3.72. The molecule has 0 amide bonds. The van der Waals surface area contributed by atoms with Gasteiger partial charge in [-0.15, -0.1) is 22.7 Å². The highest BCUT2D eigenvalue weighted by Crippen LogP contribution is 2.50. The van der Waals surface area contributed by atoms with Gasteiger partial charge in [0, 0.05) is 8.95 Å². The van der Waals surface area contributed by atoms with Crippen LogP contribution in [0.15, 0.2) is 24.9 Å². The molecule has 2 aromatic heterocycles. The van der Waals surface area contributed by atoms with Crippen molar-refractivity contribution in [2.75, 3.05) is 0 Å². The Morgan fingerprint density at radius 2 is 1.16 bits per heavy atom. The third kappa shape index (κ3) is 3.54. The summed E-state index contributed by atoms with van der Waals surface area (Å²) in [7, 11) is 0. The zero-order valence-electron chi connectivity index (χ0n) is 10.2. The number of halogens is 4. The predicted octanol–water partition coefficient (Wildman–Crippen LogP) is 8.14. The minimum atomic E-state index is 1.04. The normalized spacial score (nSPS) is 11.3. The van der Waals surface area contributed by atoms with Crippen molar-refractivity contribution in [3.05, 3.63) is 27.6 Å². The highest BCUT2D eigenvalue weighted by molar-refractivity contribution is 9.14. The Balaban J connectivity index is 2.41. The second-order valence-corrected chi connectivity index (χ2v) is 11.5. The van der Waals surface area contributed by atoms with Gasteiger partial charge < -0.3 is 0 Å². The van der Waals surface area contributed by atoms with Crippen molar-refractivity contribution < 1.29 is 0 Å². The van der Waals surface area contributed by atoms with Crippen molar-refractivity contribution in [1.82, 2.24) is 0 Å². The fraction of sp³-hybridized carbons (Fsp3) is 0.333. The van der Waals surface area contributed by atoms with Crippen LogP contribution in [0, 0.1) is 0 Å². The van der Waals surface area contributed by atoms with Gasteiger partial charge in [-0.2, -0.15) is 0 Å². The molecule has 0 saturated heterocycles. The van der Waals surface area contributed by atoms with E-state index in [1.165, 1.54) is 36.1 Å². The van der Waals surface area contributed by atoms with E-state index in [2.05, 4.69) is 77.6 Å². The van der Waals surface area contributed by atoms with Crippen LogP contribution in [0.5, 0.6) is 0 Å². The topological polar surface area (TPSA) is 0 Å². The molecule has 0 unspecified atom stereocenters. The first kappa shape index (κ1) is 17.0. The zero-order chi connectivity index (χ0) is 14.2. The van der Waals surface area contributed by atoms with E-state index >= 15 is 0 Å². The molecule has 2 aromatic rings. The van der Waals surface area contributed by atoms with Crippen molar-refractivity contribution in [3.63, 3.8) is 0 Å². The van der Waals surface area contributed by atoms with Gasteiger partial charge in [0.2, 0.25) is 0 Å². The smallest absolute Gasteiger partial charge is 0.0855 e. The van der Waals surface area contributed by atoms with Crippen LogP contribution in [0.25, 0.3) is 0 Å². The van der Waals surface area contributed by atoms with Crippen LogP contribution in [0.3, 0.4) is 0 Å². The minimum Gasteiger partial charge on any atom is -0.120 e. The lowest BCUT2D eigenvalue weighted by Gasteiger charge is -2.02. The molecule has 0 N–H and O–H groups in total. The summed E-state index contributed by atoms with van der Waals surface area (Å²) < 4.78 is 7.51. The van der Waals surface area contributed by atoms with Gasteiger partial charge in [0.15, 0.2) is 0 Å². The van der Waals surface area contributed by atoms with Gasteiger partial charge in [0.1, 0.15) is 0 Å². The first-order valence-electron chi connectivity index (χ1n) is 5.60. The van der Waals surface area contributed by atoms with Crippen molar-refractivity contribution in [2.45, 2.75) is 35.1 Å². The summed E-state index contributed by atoms with van der Waals surface area (Å²) in [6.45, 7) is 4.40. The van der Waals surface area contributed by atoms with Crippen LogP contribution in [0.2, 0.25) is 0 Å². The monoisotopic (exact) mass is 566 g/mol. The zero-order valence-corrected chi connectivity index (χ0v) is 18.9. The molecule has 7 heteroatoms. The van der Waals surface area contributed by atoms with Gasteiger partial charge in [-0.3, -0.25) is 0 Å². The number of hydrogen-bond acceptors (Lipinski definition) is 3. The van der Waals surface area contributed by atoms with Gasteiger partial charge in [-0.05, 0) is 87.7 Å². The van der Waals surface area contributed by atoms with Crippen molar-refractivity contribution in [2.24, 2.45) is 0 Å². The summed E-state index contributed by atoms with van der Waals surface area (Å²) in [6, 6.07) is 0. The Labute approximate surface area is 159 Å². The van der Waals surface area contributed by atoms with Crippen LogP contribution in [0.1, 0.15) is 25.0 Å². The molecule has 0 saturated carbocycles. The molecule has 0 radical (unpaired) electrons. The molecular weight excluding hydrogens is 560 g/mol. The molecule has 0 nitrogen and oxygen atoms in total. The first-order chi connectivity index (χ1) is 8.99. The summed E-state index contributed by atoms with van der Waals surface area (Å²) >= 11 is 20.1. The number of thiophene rings is 2. The standard InChI is InChI=1S/C12H10Br4S3/c1-3-5-7(13)9(15)17-11(5)19-12-6(4-2)8(14)10(16)18-12/h3-4H2,1-2H3. The molecule has 0 aliphatic rings. The van der Waals surface area contributed by atoms with E-state index in [0.29, 0.717) is 0 Å². The van der Waals surface area contributed by atoms with Crippen LogP contribution >= 0.6 is 98.2 Å². The lowest BCUT2D eigenvalue weighted by molar-refractivity contribution is 1.09. The highest BCUT2D eigenvalue weighted by atomic mass is 79.9. The molecule has 19 heavy (non-hydrogen) atoms. The van der Waals surface area contributed by atoms with Gasteiger partial charge in [0.25, 0.3) is 0 Å². The average molecular weight is 570 g/mol. The van der Waals surface area contributed by atoms with Gasteiger partial charge in [0.05, 0.1) is 16.0 Å². The quantitative estimate of drug-likeness (QED) is 0.358. The fourth-order valence-corrected chi connectivity index (χ4v) is 9.59. The van der Waals surface area contributed by atoms with Gasteiger partial charge in [-0.25, -0.2) is 0 Å². The molecule has 0 aliphatic heterocycles. The van der Waals surface area contributed by atoms with E-state index in [1.807, 2.05) is 11.8 Å². The molecule has 104 valence electrons. The van der Waals surface area contributed by atoms with Crippen LogP contribution < -0.4 is 0 Å². The van der Waals surface area contributed by atoms with E-state index in [-0.39, 0.29) is 0 Å². The molecule has 0 fully saturated rings. The van der Waals surface area contributed by atoms with Crippen molar-refractivity contribution >= 4 is 98.2 Å². The number of rotatable bonds is 4. The van der Waals surface area contributed by atoms with E-state index in [0.717, 1.165) is 12.8 Å². The maximum Gasteiger partial charge on any atom is 0.0855 e. The maximum absolute atomic E-state index is 3.66. The molecular formula is C12H10Br4S3. The largest absolute Gasteiger partial charge is 0.120 e. The fourth-order valence-electron chi connectivity index (χ4n) is 1.64. The van der Waals surface area contributed by atoms with E-state index < -0.39 is 0 Å². The van der Waals surface area contributed by atoms with Crippen molar-refractivity contribution in [1.29, 1.82) is 0 Å². The van der Waals surface area contributed by atoms with E-state index in [4.69, 9.17) is 0 Å². The predicted molar refractivity (Wildman–Crippen MR) is 102 cm³/mol. The maximum atomic E-state index is 3.66. The van der Waals surface area contributed by atoms with Gasteiger partial charge in [-0.1, -0.05) is 25.6 Å². The summed E-state index contributed by atoms with van der Waals surface area (Å²) in [4.78, 5) is 0. The minimum absolute atomic E-state index is 1.04. The SMILES string of the molecule is CCc1c(Sc2sc(Br)c(Br)c2CC)sc(Br)c1Br. The summed E-state index contributed by atoms with van der Waals surface area (Å²) in [5.41, 5.74) is 2.79. The Hall–Kier alpha value is 1.67. The first-order valence-corrected chi connectivity index (χ1v) is 11.2. The Morgan fingerprint density at radius 1 is 0.789 bits per heavy atom. The lowest BCUT2D eigenvalue weighted by Crippen LogP contribution is -1.82. The summed E-state index contributed by atoms with van der Waals surface area (Å²) in [6.07, 6.45) is 2.08. The second kappa shape index (κ2) is 7.29. The Bertz CT molecular complexity index is 548. The lowest BCUT2D eigenvalue weighted by atomic mass is 10.3. The third-order valence-electron chi connectivity index (χ3n) is 2.62. The number of hydrogen-bond donors (Lipinski definition) is 0. The molecule has 2 rings (SSSR count). The average Bonchev–Trinajstić information content (AvgIpc) is 2.79. The van der Waals surface area contributed by atoms with Crippen molar-refractivity contribution in [3.8, 4) is 0 Å². The van der Waals surface area contributed by atoms with Crippen LogP contribution in [-0.4, -0.2) is 0 Å². The molecule has 0 aromatic carbocycles. The Kier molecular flexibility index (Phi) is 6.53. The summed E-state index contributed by atoms with van der Waals surface area (Å²) in [5, 5.41) is 0. The van der Waals surface area contributed by atoms with Gasteiger partial charge >= 0.3 is 0 Å². The highest BCUT2D eigenvalue weighted by Gasteiger charge is 2.19. The Morgan fingerprint density at radius 3 is 1.47 bits per heavy atom. The molecule has 0 atom stereocenters. The summed E-state index contributed by atoms with van der Waals surface area (Å²) in [5.74, 6) is 0. The van der Waals surface area contributed by atoms with Crippen LogP contribution in [0.4, 0.5) is 0 Å². The molecule has 0 aliphatic carbocycles. The molecule has 0 spiro atoms. The van der Waals surface area contributed by atoms with Crippen LogP contribution in [-0.2, 0) is 12.8 Å². The van der Waals surface area contributed by atoms with E-state index in [9.17, 15) is 0 Å². The van der Waals surface area contributed by atoms with E-state index in [1.54, 1.807) is 22.7 Å². The third-order valence-corrected chi connectivity index (χ3v) is 11.2. The molecule has 0 bridgehead atoms.